The maximum absolute atomic E-state index is 9.47. The third-order valence-electron chi connectivity index (χ3n) is 0.225. The van der Waals surface area contributed by atoms with Crippen molar-refractivity contribution in [3.63, 3.8) is 0 Å². The molecule has 0 aromatic rings. The van der Waals surface area contributed by atoms with Gasteiger partial charge in [-0.2, -0.15) is 8.42 Å². The minimum absolute atomic E-state index is 0. The molecular formula is C2H6NNaO3S. The third kappa shape index (κ3) is 9.56. The van der Waals surface area contributed by atoms with Crippen molar-refractivity contribution in [2.75, 3.05) is 0 Å². The summed E-state index contributed by atoms with van der Waals surface area (Å²) in [5.41, 5.74) is 4.70. The Bertz CT molecular complexity index is 123. The number of hydrogen-bond acceptors (Lipinski definition) is 4. The number of thiol groups is 1. The third-order valence-corrected chi connectivity index (χ3v) is 0.519. The molecule has 0 aliphatic heterocycles. The van der Waals surface area contributed by atoms with E-state index in [1.807, 2.05) is 0 Å². The van der Waals surface area contributed by atoms with Crippen molar-refractivity contribution in [1.82, 2.24) is 0 Å². The van der Waals surface area contributed by atoms with Crippen molar-refractivity contribution in [2.24, 2.45) is 5.73 Å². The van der Waals surface area contributed by atoms with Crippen LogP contribution >= 0.6 is 0 Å². The first-order chi connectivity index (χ1) is 3.27. The summed E-state index contributed by atoms with van der Waals surface area (Å²) in [6.07, 6.45) is 1.87. The molecular weight excluding hydrogens is 141 g/mol. The first-order valence-corrected chi connectivity index (χ1v) is 2.55. The molecule has 0 amide bonds. The van der Waals surface area contributed by atoms with Crippen molar-refractivity contribution < 1.29 is 12.6 Å². The zero-order valence-corrected chi connectivity index (χ0v) is 4.30. The van der Waals surface area contributed by atoms with Gasteiger partial charge in [0.25, 0.3) is 11.0 Å². The summed E-state index contributed by atoms with van der Waals surface area (Å²) in [6.45, 7) is 0. The van der Waals surface area contributed by atoms with Gasteiger partial charge in [0.1, 0.15) is 6.26 Å². The van der Waals surface area contributed by atoms with Crippen LogP contribution in [0, 0.1) is 0 Å². The maximum atomic E-state index is 9.47. The molecule has 0 aromatic carbocycles. The fourth-order valence-electron chi connectivity index (χ4n) is 0.0848. The Balaban J connectivity index is 0. The number of nitrogens with two attached hydrogens (primary N) is 1. The molecule has 0 radical (unpaired) electrons. The topological polar surface area (TPSA) is 69.4 Å². The van der Waals surface area contributed by atoms with Crippen LogP contribution in [-0.2, 0) is 15.2 Å². The average Bonchev–Trinajstić information content (AvgIpc) is 1.61. The molecule has 0 aliphatic rings. The first kappa shape index (κ1) is 11.1. The van der Waals surface area contributed by atoms with E-state index in [-0.39, 0.29) is 29.6 Å². The van der Waals surface area contributed by atoms with Crippen LogP contribution in [0.1, 0.15) is 0 Å². The molecule has 0 saturated heterocycles. The molecule has 0 saturated carbocycles. The van der Waals surface area contributed by atoms with Crippen molar-refractivity contribution in [2.45, 2.75) is 0 Å². The molecule has 0 unspecified atom stereocenters. The van der Waals surface area contributed by atoms with Crippen LogP contribution in [0.15, 0.2) is 12.5 Å². The molecule has 2 N–H and O–H groups in total. The number of rotatable bonds is 2. The van der Waals surface area contributed by atoms with E-state index >= 15 is 0 Å². The summed E-state index contributed by atoms with van der Waals surface area (Å²) in [4.78, 5) is 0. The van der Waals surface area contributed by atoms with Crippen LogP contribution in [0.3, 0.4) is 0 Å². The van der Waals surface area contributed by atoms with Gasteiger partial charge in [-0.1, -0.05) is 0 Å². The predicted molar refractivity (Wildman–Crippen MR) is 31.9 cm³/mol. The van der Waals surface area contributed by atoms with Gasteiger partial charge in [-0.05, 0) is 0 Å². The van der Waals surface area contributed by atoms with Crippen molar-refractivity contribution in [3.8, 4) is 0 Å². The fourth-order valence-corrected chi connectivity index (χ4v) is 0.254. The quantitative estimate of drug-likeness (QED) is 0.278. The summed E-state index contributed by atoms with van der Waals surface area (Å²) in [5, 5.41) is 0. The van der Waals surface area contributed by atoms with E-state index in [0.29, 0.717) is 0 Å². The Kier molecular flexibility index (Phi) is 10.1. The molecule has 0 atom stereocenters. The summed E-state index contributed by atoms with van der Waals surface area (Å²) >= 11 is 0. The van der Waals surface area contributed by atoms with E-state index in [4.69, 9.17) is 5.73 Å². The van der Waals surface area contributed by atoms with Gasteiger partial charge in [0.15, 0.2) is 0 Å². The van der Waals surface area contributed by atoms with E-state index in [1.165, 1.54) is 0 Å². The second-order valence-corrected chi connectivity index (χ2v) is 1.32. The van der Waals surface area contributed by atoms with Crippen molar-refractivity contribution in [3.05, 3.63) is 12.5 Å². The molecule has 0 aromatic heterocycles. The molecule has 8 heavy (non-hydrogen) atoms. The molecule has 0 rings (SSSR count). The molecule has 0 bridgehead atoms. The predicted octanol–water partition coefficient (Wildman–Crippen LogP) is -1.69. The normalized spacial score (nSPS) is 9.12. The Morgan fingerprint density at radius 3 is 2.12 bits per heavy atom. The monoisotopic (exact) mass is 147 g/mol. The van der Waals surface area contributed by atoms with Gasteiger partial charge >= 0.3 is 29.6 Å². The average molecular weight is 147 g/mol. The van der Waals surface area contributed by atoms with E-state index in [2.05, 4.69) is 4.18 Å². The second kappa shape index (κ2) is 7.29. The van der Waals surface area contributed by atoms with E-state index < -0.39 is 11.0 Å². The molecule has 44 valence electrons. The first-order valence-electron chi connectivity index (χ1n) is 1.45. The van der Waals surface area contributed by atoms with Crippen LogP contribution in [0.2, 0.25) is 0 Å². The molecule has 0 aliphatic carbocycles. The van der Waals surface area contributed by atoms with Gasteiger partial charge in [0.2, 0.25) is 0 Å². The summed E-state index contributed by atoms with van der Waals surface area (Å²) in [6, 6.07) is 0. The zero-order valence-electron chi connectivity index (χ0n) is 3.40. The van der Waals surface area contributed by atoms with E-state index in [0.717, 1.165) is 12.5 Å². The molecule has 4 nitrogen and oxygen atoms in total. The van der Waals surface area contributed by atoms with Gasteiger partial charge in [-0.15, -0.1) is 0 Å². The summed E-state index contributed by atoms with van der Waals surface area (Å²) in [5.74, 6) is 0. The number of hydrogen-bond donors (Lipinski definition) is 2. The molecule has 6 heteroatoms. The Labute approximate surface area is 71.1 Å². The van der Waals surface area contributed by atoms with Crippen LogP contribution in [0.25, 0.3) is 0 Å². The van der Waals surface area contributed by atoms with Crippen LogP contribution in [0.5, 0.6) is 0 Å². The van der Waals surface area contributed by atoms with Gasteiger partial charge in [0.05, 0.1) is 0 Å². The van der Waals surface area contributed by atoms with Crippen LogP contribution in [-0.4, -0.2) is 38.0 Å². The Morgan fingerprint density at radius 2 is 2.00 bits per heavy atom. The van der Waals surface area contributed by atoms with Crippen LogP contribution < -0.4 is 5.73 Å². The van der Waals surface area contributed by atoms with Crippen molar-refractivity contribution >= 4 is 40.5 Å². The summed E-state index contributed by atoms with van der Waals surface area (Å²) < 4.78 is 22.8. The second-order valence-electron chi connectivity index (χ2n) is 0.658. The fraction of sp³-hybridized carbons (Fsp3) is 0. The van der Waals surface area contributed by atoms with Gasteiger partial charge < -0.3 is 9.92 Å². The standard InChI is InChI=1S/C2H5NO3S.Na.H/c3-1-2-6-7(4)5;;/h1-2,7H,3H2;;. The van der Waals surface area contributed by atoms with Gasteiger partial charge in [-0.25, -0.2) is 0 Å². The zero-order chi connectivity index (χ0) is 5.70. The van der Waals surface area contributed by atoms with Crippen LogP contribution in [0.4, 0.5) is 0 Å². The Hall–Kier alpha value is 0.290. The minimum atomic E-state index is -2.77. The Morgan fingerprint density at radius 1 is 1.50 bits per heavy atom. The van der Waals surface area contributed by atoms with Gasteiger partial charge in [0, 0.05) is 6.20 Å². The molecule has 0 heterocycles. The van der Waals surface area contributed by atoms with E-state index in [1.54, 1.807) is 0 Å². The molecule has 0 fully saturated rings. The van der Waals surface area contributed by atoms with E-state index in [9.17, 15) is 8.42 Å². The summed E-state index contributed by atoms with van der Waals surface area (Å²) in [7, 11) is -2.77. The van der Waals surface area contributed by atoms with Crippen molar-refractivity contribution in [1.29, 1.82) is 0 Å². The SMILES string of the molecule is NC=CO[SH](=O)=O.[NaH]. The van der Waals surface area contributed by atoms with Gasteiger partial charge in [-0.3, -0.25) is 0 Å². The molecule has 0 spiro atoms.